The number of carboxylic acid groups (broad SMARTS) is 3. The number of unbranched alkanes of at least 4 members (excludes halogenated alkanes) is 1. The quantitative estimate of drug-likeness (QED) is 0.0275. The molecule has 20 N–H and O–H groups in total. The number of nitrogens with one attached hydrogen (secondary N) is 9. The van der Waals surface area contributed by atoms with E-state index in [0.717, 1.165) is 30.5 Å². The van der Waals surface area contributed by atoms with Gasteiger partial charge in [0.2, 0.25) is 59.1 Å². The lowest BCUT2D eigenvalue weighted by Crippen LogP contribution is -2.59. The van der Waals surface area contributed by atoms with Crippen LogP contribution in [0.1, 0.15) is 181 Å². The molecular weight excluding hydrogens is 1740 g/mol. The van der Waals surface area contributed by atoms with Gasteiger partial charge in [-0.05, 0) is 138 Å². The zero-order valence-corrected chi connectivity index (χ0v) is 76.1. The van der Waals surface area contributed by atoms with Crippen molar-refractivity contribution in [2.75, 3.05) is 45.1 Å². The highest BCUT2D eigenvalue weighted by Crippen LogP contribution is 2.42. The number of hydrogen-bond acceptors (Lipinski definition) is 28. The number of benzene rings is 3. The number of imide groups is 1. The van der Waals surface area contributed by atoms with E-state index in [0.29, 0.717) is 43.4 Å². The fourth-order valence-electron chi connectivity index (χ4n) is 15.2. The molecule has 41 heteroatoms. The van der Waals surface area contributed by atoms with Gasteiger partial charge < -0.3 is 99.5 Å². The average Bonchev–Trinajstić information content (AvgIpc) is 0.846. The number of rotatable bonds is 63. The number of phenolic OH excluding ortho intramolecular Hbond substituents is 2. The maximum Gasteiger partial charge on any atom is 0.304 e. The van der Waals surface area contributed by atoms with Crippen LogP contribution in [0.15, 0.2) is 78.9 Å². The molecule has 1 saturated carbocycles. The molecule has 5 rings (SSSR count). The first-order valence-electron chi connectivity index (χ1n) is 44.2. The highest BCUT2D eigenvalue weighted by Gasteiger charge is 2.52. The standard InChI is InChI=1S/C91H127N11O29S/c1-8-50(4)80(75(114)39-57(34-55-18-22-61(107)23-19-55)82(123)96-67(33-49(2)3)71(110)37-58(41-78(118)119)81(122)95-51(5)15-12-13-30-92)101-84(125)60(46-103)40-72(111)68(36-56-20-24-62(108)25-21-56)97-83(124)59(42-79(120)121)38-73(112)70(47-104)99-86(127)65(53(7)106)44-74(113)69(35-54-16-10-9-11-17-54)98-85(126)64(52(6)105)43-63(109)45-94-87(128)66(26-27-77(116)117)100-89(130)91(28-14-29-91)88(129)93-31-32-102-76(115)48-132-90(102)131/h9-11,16-25,49-53,57-60,64-70,80,103-108H,8,12-15,26-48,92H2,1-7H3,(H,93,129)(H,94,128)(H,95,122)(H,96,123)(H,97,124)(H,98,126)(H,99,127)(H,100,130)(H,101,125)(H,116,117)(H,118,119)(H,120,121)/t50-,51+,52+,53+,57+,58-,59-,60-,64-,65-,66-,67-,68-,69-,70-,80-/m0/s1. The minimum Gasteiger partial charge on any atom is -0.508 e. The molecule has 11 amide bonds. The summed E-state index contributed by atoms with van der Waals surface area (Å²) in [6, 6.07) is 8.63. The van der Waals surface area contributed by atoms with Crippen molar-refractivity contribution in [3.8, 4) is 11.5 Å². The predicted molar refractivity (Wildman–Crippen MR) is 474 cm³/mol. The summed E-state index contributed by atoms with van der Waals surface area (Å²) in [6.07, 6.45) is -9.79. The SMILES string of the molecule is CC[C@H](C)[C@H](NC(=O)[C@H](CO)CC(=O)[C@H](Cc1ccc(O)cc1)NC(=O)[C@H](CC(=O)O)CC(=O)[C@H](CO)NC(=O)[C@@H](CC(=O)[C@H](Cc1ccccc1)NC(=O)[C@@H](CC(=O)CNC(=O)[C@H](CCC(=O)O)NC(=O)C1(C(=O)NCCN2C(=O)CSC2=O)CCC1)[C@@H](C)O)[C@@H](C)O)C(=O)C[C@@H](Cc1ccc(O)cc1)C(=O)N[C@@H](CC(C)C)C(=O)C[C@@H](CC(=O)O)C(=O)N[C@H](C)CCCCN. The summed E-state index contributed by atoms with van der Waals surface area (Å²) < 4.78 is 0. The van der Waals surface area contributed by atoms with E-state index in [1.165, 1.54) is 48.5 Å². The number of aliphatic hydroxyl groups excluding tert-OH is 4. The van der Waals surface area contributed by atoms with Gasteiger partial charge in [0.25, 0.3) is 5.24 Å². The van der Waals surface area contributed by atoms with Gasteiger partial charge in [0.05, 0.1) is 104 Å². The number of aromatic hydroxyl groups is 2. The van der Waals surface area contributed by atoms with E-state index in [1.54, 1.807) is 65.0 Å². The molecule has 1 aliphatic carbocycles. The number of carbonyl (C=O) groups is 20. The molecule has 0 radical (unpaired) electrons. The second kappa shape index (κ2) is 54.9. The first-order chi connectivity index (χ1) is 62.3. The smallest absolute Gasteiger partial charge is 0.304 e. The predicted octanol–water partition coefficient (Wildman–Crippen LogP) is 0.871. The van der Waals surface area contributed by atoms with Crippen molar-refractivity contribution >= 4 is 129 Å². The summed E-state index contributed by atoms with van der Waals surface area (Å²) in [7, 11) is 0. The van der Waals surface area contributed by atoms with Gasteiger partial charge >= 0.3 is 17.9 Å². The zero-order chi connectivity index (χ0) is 98.4. The number of phenols is 2. The van der Waals surface area contributed by atoms with Crippen LogP contribution in [0.4, 0.5) is 4.79 Å². The maximum atomic E-state index is 14.9. The Labute approximate surface area is 768 Å². The van der Waals surface area contributed by atoms with Gasteiger partial charge in [-0.25, -0.2) is 0 Å². The Morgan fingerprint density at radius 1 is 0.470 bits per heavy atom. The van der Waals surface area contributed by atoms with E-state index in [4.69, 9.17) is 5.73 Å². The van der Waals surface area contributed by atoms with Gasteiger partial charge in [0, 0.05) is 70.0 Å². The lowest BCUT2D eigenvalue weighted by atomic mass is 9.67. The van der Waals surface area contributed by atoms with Crippen molar-refractivity contribution in [3.05, 3.63) is 95.6 Å². The van der Waals surface area contributed by atoms with Crippen LogP contribution < -0.4 is 53.6 Å². The van der Waals surface area contributed by atoms with Crippen molar-refractivity contribution in [1.82, 2.24) is 52.8 Å². The number of nitrogens with zero attached hydrogens (tertiary/aromatic N) is 1. The van der Waals surface area contributed by atoms with E-state index in [2.05, 4.69) is 47.9 Å². The average molecular weight is 1870 g/mol. The third-order valence-electron chi connectivity index (χ3n) is 23.4. The Morgan fingerprint density at radius 2 is 0.947 bits per heavy atom. The van der Waals surface area contributed by atoms with Gasteiger partial charge in [-0.15, -0.1) is 0 Å². The number of hydrogen-bond donors (Lipinski definition) is 19. The van der Waals surface area contributed by atoms with Crippen LogP contribution in [-0.4, -0.2) is 267 Å². The number of aliphatic carboxylic acids is 3. The molecule has 3 aromatic rings. The highest BCUT2D eigenvalue weighted by molar-refractivity contribution is 8.14. The van der Waals surface area contributed by atoms with Crippen molar-refractivity contribution in [3.63, 3.8) is 0 Å². The second-order valence-electron chi connectivity index (χ2n) is 34.5. The van der Waals surface area contributed by atoms with Gasteiger partial charge in [0.15, 0.2) is 34.7 Å². The van der Waals surface area contributed by atoms with Crippen molar-refractivity contribution in [2.24, 2.45) is 58.5 Å². The van der Waals surface area contributed by atoms with E-state index < -0.39 is 309 Å². The van der Waals surface area contributed by atoms with Gasteiger partial charge in [-0.2, -0.15) is 0 Å². The van der Waals surface area contributed by atoms with E-state index in [9.17, 15) is 142 Å². The summed E-state index contributed by atoms with van der Waals surface area (Å²) >= 11 is 0.784. The molecule has 2 aliphatic rings. The number of amides is 11. The number of carbonyl (C=O) groups excluding carboxylic acids is 17. The van der Waals surface area contributed by atoms with Crippen LogP contribution in [-0.2, 0) is 110 Å². The van der Waals surface area contributed by atoms with Crippen LogP contribution in [0.3, 0.4) is 0 Å². The summed E-state index contributed by atoms with van der Waals surface area (Å²) in [5.41, 5.74) is 5.02. The normalized spacial score (nSPS) is 16.5. The molecule has 726 valence electrons. The van der Waals surface area contributed by atoms with Crippen LogP contribution in [0.5, 0.6) is 11.5 Å². The highest BCUT2D eigenvalue weighted by atomic mass is 32.2. The molecule has 2 fully saturated rings. The van der Waals surface area contributed by atoms with E-state index in [1.807, 2.05) is 0 Å². The molecular formula is C91H127N11O29S. The van der Waals surface area contributed by atoms with Crippen molar-refractivity contribution in [2.45, 2.75) is 238 Å². The monoisotopic (exact) mass is 1870 g/mol. The Hall–Kier alpha value is -11.8. The van der Waals surface area contributed by atoms with E-state index >= 15 is 0 Å². The number of carboxylic acids is 3. The maximum absolute atomic E-state index is 14.9. The number of ketones is 6. The first-order valence-corrected chi connectivity index (χ1v) is 45.2. The minimum absolute atomic E-state index is 0.0161. The molecule has 0 spiro atoms. The van der Waals surface area contributed by atoms with Crippen molar-refractivity contribution < 1.29 is 142 Å². The molecule has 40 nitrogen and oxygen atoms in total. The van der Waals surface area contributed by atoms with E-state index in [-0.39, 0.29) is 80.3 Å². The van der Waals surface area contributed by atoms with Crippen LogP contribution in [0.25, 0.3) is 0 Å². The fraction of sp³-hybridized carbons (Fsp3) is 0.582. The number of Topliss-reactive ketones (excluding diaryl/α,β-unsaturated/α-hetero) is 6. The summed E-state index contributed by atoms with van der Waals surface area (Å²) in [4.78, 5) is 275. The Morgan fingerprint density at radius 3 is 1.44 bits per heavy atom. The molecule has 1 saturated heterocycles. The second-order valence-corrected chi connectivity index (χ2v) is 35.4. The largest absolute Gasteiger partial charge is 0.508 e. The van der Waals surface area contributed by atoms with Crippen LogP contribution in [0, 0.1) is 52.8 Å². The van der Waals surface area contributed by atoms with Crippen molar-refractivity contribution in [1.29, 1.82) is 0 Å². The zero-order valence-electron chi connectivity index (χ0n) is 75.2. The molecule has 1 heterocycles. The van der Waals surface area contributed by atoms with Gasteiger partial charge in [-0.3, -0.25) is 101 Å². The molecule has 0 aromatic heterocycles. The molecule has 0 bridgehead atoms. The van der Waals surface area contributed by atoms with Gasteiger partial charge in [-0.1, -0.05) is 113 Å². The molecule has 132 heavy (non-hydrogen) atoms. The third-order valence-corrected chi connectivity index (χ3v) is 24.3. The molecule has 1 aliphatic heterocycles. The number of thioether (sulfide) groups is 1. The Bertz CT molecular complexity index is 4510. The lowest BCUT2D eigenvalue weighted by molar-refractivity contribution is -0.151. The Balaban J connectivity index is 1.31. The van der Waals surface area contributed by atoms with Crippen LogP contribution in [0.2, 0.25) is 0 Å². The molecule has 16 atom stereocenters. The van der Waals surface area contributed by atoms with Crippen LogP contribution >= 0.6 is 11.8 Å². The Kier molecular flexibility index (Phi) is 46.0. The summed E-state index contributed by atoms with van der Waals surface area (Å²) in [6.45, 7) is 7.61. The number of aliphatic hydroxyl groups is 4. The lowest BCUT2D eigenvalue weighted by Gasteiger charge is -2.39. The fourth-order valence-corrected chi connectivity index (χ4v) is 15.9. The molecule has 0 unspecified atom stereocenters. The molecule has 3 aromatic carbocycles. The summed E-state index contributed by atoms with van der Waals surface area (Å²) in [5.74, 6) is -30.5. The third kappa shape index (κ3) is 36.1. The topological polar surface area (TPSA) is 661 Å². The number of nitrogens with two attached hydrogens (primary N) is 1. The first kappa shape index (κ1) is 111. The van der Waals surface area contributed by atoms with Gasteiger partial charge in [0.1, 0.15) is 29.0 Å². The summed E-state index contributed by atoms with van der Waals surface area (Å²) in [5, 5.41) is 116. The minimum atomic E-state index is -2.01.